The van der Waals surface area contributed by atoms with Gasteiger partial charge in [-0.3, -0.25) is 4.98 Å². The van der Waals surface area contributed by atoms with Crippen LogP contribution in [0.4, 0.5) is 0 Å². The van der Waals surface area contributed by atoms with Crippen LogP contribution in [-0.4, -0.2) is 40.2 Å². The molecule has 0 bridgehead atoms. The van der Waals surface area contributed by atoms with Crippen LogP contribution in [-0.2, 0) is 6.42 Å². The predicted molar refractivity (Wildman–Crippen MR) is 78.5 cm³/mol. The fraction of sp³-hybridized carbons (Fsp3) is 0.667. The lowest BCUT2D eigenvalue weighted by Crippen LogP contribution is -2.33. The molecule has 0 saturated carbocycles. The summed E-state index contributed by atoms with van der Waals surface area (Å²) in [6.45, 7) is 5.41. The SMILES string of the molecule is CCCN1CCCC(O)(Cc2ccncc2Cl)CC1. The molecule has 0 aromatic carbocycles. The van der Waals surface area contributed by atoms with E-state index in [1.165, 1.54) is 6.42 Å². The van der Waals surface area contributed by atoms with E-state index in [1.807, 2.05) is 6.07 Å². The number of pyridine rings is 1. The number of rotatable bonds is 4. The van der Waals surface area contributed by atoms with Crippen molar-refractivity contribution in [2.75, 3.05) is 19.6 Å². The average molecular weight is 283 g/mol. The van der Waals surface area contributed by atoms with E-state index in [0.717, 1.165) is 44.5 Å². The Morgan fingerprint density at radius 3 is 3.00 bits per heavy atom. The summed E-state index contributed by atoms with van der Waals surface area (Å²) in [6.07, 6.45) is 7.94. The van der Waals surface area contributed by atoms with E-state index in [2.05, 4.69) is 16.8 Å². The monoisotopic (exact) mass is 282 g/mol. The van der Waals surface area contributed by atoms with Gasteiger partial charge in [0.1, 0.15) is 0 Å². The standard InChI is InChI=1S/C15H23ClN2O/c1-2-8-18-9-3-5-15(19,6-10-18)11-13-4-7-17-12-14(13)16/h4,7,12,19H,2-3,5-6,8-11H2,1H3. The summed E-state index contributed by atoms with van der Waals surface area (Å²) in [4.78, 5) is 6.44. The molecule has 1 N–H and O–H groups in total. The molecule has 19 heavy (non-hydrogen) atoms. The summed E-state index contributed by atoms with van der Waals surface area (Å²) in [5, 5.41) is 11.5. The maximum Gasteiger partial charge on any atom is 0.0701 e. The van der Waals surface area contributed by atoms with Crippen molar-refractivity contribution in [2.45, 2.75) is 44.6 Å². The molecular formula is C15H23ClN2O. The highest BCUT2D eigenvalue weighted by Crippen LogP contribution is 2.28. The molecule has 106 valence electrons. The van der Waals surface area contributed by atoms with Crippen molar-refractivity contribution < 1.29 is 5.11 Å². The molecule has 1 unspecified atom stereocenters. The Bertz CT molecular complexity index is 413. The average Bonchev–Trinajstić information content (AvgIpc) is 2.56. The summed E-state index contributed by atoms with van der Waals surface area (Å²) in [7, 11) is 0. The van der Waals surface area contributed by atoms with Crippen molar-refractivity contribution >= 4 is 11.6 Å². The Labute approximate surface area is 120 Å². The van der Waals surface area contributed by atoms with Gasteiger partial charge in [0.15, 0.2) is 0 Å². The molecule has 4 heteroatoms. The van der Waals surface area contributed by atoms with Crippen LogP contribution in [0.3, 0.4) is 0 Å². The minimum atomic E-state index is -0.618. The summed E-state index contributed by atoms with van der Waals surface area (Å²) < 4.78 is 0. The van der Waals surface area contributed by atoms with E-state index in [9.17, 15) is 5.11 Å². The first-order chi connectivity index (χ1) is 9.13. The van der Waals surface area contributed by atoms with Crippen LogP contribution < -0.4 is 0 Å². The van der Waals surface area contributed by atoms with Gasteiger partial charge in [-0.05, 0) is 50.4 Å². The molecule has 1 aromatic heterocycles. The smallest absolute Gasteiger partial charge is 0.0701 e. The molecule has 2 heterocycles. The summed E-state index contributed by atoms with van der Waals surface area (Å²) >= 11 is 6.14. The fourth-order valence-electron chi connectivity index (χ4n) is 2.85. The zero-order chi connectivity index (χ0) is 13.7. The van der Waals surface area contributed by atoms with Crippen LogP contribution in [0.15, 0.2) is 18.5 Å². The lowest BCUT2D eigenvalue weighted by Gasteiger charge is -2.27. The van der Waals surface area contributed by atoms with E-state index in [1.54, 1.807) is 12.4 Å². The van der Waals surface area contributed by atoms with Crippen LogP contribution in [0.5, 0.6) is 0 Å². The third-order valence-electron chi connectivity index (χ3n) is 3.93. The van der Waals surface area contributed by atoms with Crippen LogP contribution in [0, 0.1) is 0 Å². The molecule has 0 aliphatic carbocycles. The lowest BCUT2D eigenvalue weighted by atomic mass is 9.88. The first-order valence-electron chi connectivity index (χ1n) is 7.16. The van der Waals surface area contributed by atoms with Crippen LogP contribution in [0.1, 0.15) is 38.2 Å². The van der Waals surface area contributed by atoms with Crippen molar-refractivity contribution in [3.8, 4) is 0 Å². The number of hydrogen-bond donors (Lipinski definition) is 1. The van der Waals surface area contributed by atoms with E-state index in [4.69, 9.17) is 11.6 Å². The summed E-state index contributed by atoms with van der Waals surface area (Å²) in [6, 6.07) is 1.91. The molecule has 1 atom stereocenters. The molecule has 3 nitrogen and oxygen atoms in total. The van der Waals surface area contributed by atoms with E-state index in [-0.39, 0.29) is 0 Å². The highest BCUT2D eigenvalue weighted by atomic mass is 35.5. The summed E-state index contributed by atoms with van der Waals surface area (Å²) in [5.74, 6) is 0. The molecule has 0 amide bonds. The maximum absolute atomic E-state index is 10.8. The molecule has 0 spiro atoms. The molecule has 1 aromatic rings. The lowest BCUT2D eigenvalue weighted by molar-refractivity contribution is 0.0257. The number of aliphatic hydroxyl groups is 1. The zero-order valence-electron chi connectivity index (χ0n) is 11.6. The Morgan fingerprint density at radius 2 is 2.26 bits per heavy atom. The zero-order valence-corrected chi connectivity index (χ0v) is 12.4. The second kappa shape index (κ2) is 6.69. The van der Waals surface area contributed by atoms with Gasteiger partial charge in [0.05, 0.1) is 10.6 Å². The van der Waals surface area contributed by atoms with Gasteiger partial charge in [-0.25, -0.2) is 0 Å². The number of likely N-dealkylation sites (tertiary alicyclic amines) is 1. The highest BCUT2D eigenvalue weighted by Gasteiger charge is 2.30. The molecule has 1 aliphatic heterocycles. The first-order valence-corrected chi connectivity index (χ1v) is 7.54. The van der Waals surface area contributed by atoms with Gasteiger partial charge >= 0.3 is 0 Å². The molecule has 1 aliphatic rings. The third kappa shape index (κ3) is 4.16. The molecular weight excluding hydrogens is 260 g/mol. The van der Waals surface area contributed by atoms with Crippen molar-refractivity contribution in [2.24, 2.45) is 0 Å². The van der Waals surface area contributed by atoms with E-state index < -0.39 is 5.60 Å². The Kier molecular flexibility index (Phi) is 5.20. The number of aromatic nitrogens is 1. The first kappa shape index (κ1) is 14.8. The van der Waals surface area contributed by atoms with Gasteiger partial charge in [-0.1, -0.05) is 18.5 Å². The second-order valence-corrected chi connectivity index (χ2v) is 5.97. The molecule has 1 saturated heterocycles. The number of nitrogens with zero attached hydrogens (tertiary/aromatic N) is 2. The van der Waals surface area contributed by atoms with Gasteiger partial charge < -0.3 is 10.0 Å². The minimum Gasteiger partial charge on any atom is -0.389 e. The van der Waals surface area contributed by atoms with E-state index in [0.29, 0.717) is 11.4 Å². The van der Waals surface area contributed by atoms with Crippen molar-refractivity contribution in [1.82, 2.24) is 9.88 Å². The minimum absolute atomic E-state index is 0.618. The topological polar surface area (TPSA) is 36.4 Å². The second-order valence-electron chi connectivity index (χ2n) is 5.56. The van der Waals surface area contributed by atoms with Crippen LogP contribution in [0.2, 0.25) is 5.02 Å². The van der Waals surface area contributed by atoms with Gasteiger partial charge in [0.2, 0.25) is 0 Å². The van der Waals surface area contributed by atoms with Crippen LogP contribution >= 0.6 is 11.6 Å². The van der Waals surface area contributed by atoms with Crippen molar-refractivity contribution in [3.63, 3.8) is 0 Å². The number of halogens is 1. The summed E-state index contributed by atoms with van der Waals surface area (Å²) in [5.41, 5.74) is 0.385. The van der Waals surface area contributed by atoms with Crippen LogP contribution in [0.25, 0.3) is 0 Å². The van der Waals surface area contributed by atoms with Crippen molar-refractivity contribution in [1.29, 1.82) is 0 Å². The third-order valence-corrected chi connectivity index (χ3v) is 4.27. The Morgan fingerprint density at radius 1 is 1.42 bits per heavy atom. The normalized spacial score (nSPS) is 25.2. The van der Waals surface area contributed by atoms with Gasteiger partial charge in [0.25, 0.3) is 0 Å². The fourth-order valence-corrected chi connectivity index (χ4v) is 3.04. The number of hydrogen-bond acceptors (Lipinski definition) is 3. The molecule has 0 radical (unpaired) electrons. The Hall–Kier alpha value is -0.640. The van der Waals surface area contributed by atoms with E-state index >= 15 is 0 Å². The van der Waals surface area contributed by atoms with Gasteiger partial charge in [-0.15, -0.1) is 0 Å². The van der Waals surface area contributed by atoms with Gasteiger partial charge in [-0.2, -0.15) is 0 Å². The van der Waals surface area contributed by atoms with Crippen molar-refractivity contribution in [3.05, 3.63) is 29.0 Å². The quantitative estimate of drug-likeness (QED) is 0.922. The largest absolute Gasteiger partial charge is 0.389 e. The highest BCUT2D eigenvalue weighted by molar-refractivity contribution is 6.31. The molecule has 1 fully saturated rings. The predicted octanol–water partition coefficient (Wildman–Crippen LogP) is 2.90. The van der Waals surface area contributed by atoms with Gasteiger partial charge in [0, 0.05) is 25.4 Å². The Balaban J connectivity index is 2.01. The maximum atomic E-state index is 10.8. The molecule has 2 rings (SSSR count).